The Hall–Kier alpha value is -3.58. The van der Waals surface area contributed by atoms with Crippen LogP contribution in [-0.2, 0) is 19.2 Å². The topological polar surface area (TPSA) is 61.1 Å². The molecular weight excluding hydrogens is 543 g/mol. The van der Waals surface area contributed by atoms with Crippen LogP contribution in [-0.4, -0.2) is 26.5 Å². The lowest BCUT2D eigenvalue weighted by Gasteiger charge is -2.37. The molecule has 0 amide bonds. The standard InChI is InChI=1S/C32H28Cl2N4O2/c1-37-19-35-17-30(37)32(36-12-11-33)22-5-9-28(34)21(13-22)18-40-25-4-2-3-20(14-25)26-16-31(39)38(24-7-8-24)29-10-6-23(32)15-27(26)29/h2-6,9-10,13-17,19,24,36H,7-8,11-12,18H2,1H3. The second-order valence-electron chi connectivity index (χ2n) is 10.6. The Morgan fingerprint density at radius 2 is 1.90 bits per heavy atom. The van der Waals surface area contributed by atoms with E-state index in [0.717, 1.165) is 57.3 Å². The van der Waals surface area contributed by atoms with Crippen molar-refractivity contribution in [3.8, 4) is 16.9 Å². The van der Waals surface area contributed by atoms with E-state index in [1.165, 1.54) is 0 Å². The number of pyridine rings is 1. The van der Waals surface area contributed by atoms with E-state index in [1.54, 1.807) is 6.07 Å². The molecule has 1 saturated carbocycles. The number of rotatable bonds is 5. The van der Waals surface area contributed by atoms with Gasteiger partial charge in [0.25, 0.3) is 5.56 Å². The molecule has 0 radical (unpaired) electrons. The van der Waals surface area contributed by atoms with Gasteiger partial charge >= 0.3 is 0 Å². The number of imidazole rings is 1. The highest BCUT2D eigenvalue weighted by molar-refractivity contribution is 6.31. The fourth-order valence-electron chi connectivity index (χ4n) is 6.08. The van der Waals surface area contributed by atoms with Crippen LogP contribution >= 0.6 is 23.2 Å². The predicted octanol–water partition coefficient (Wildman–Crippen LogP) is 6.40. The molecule has 6 bridgehead atoms. The number of aromatic nitrogens is 3. The molecule has 1 atom stereocenters. The Morgan fingerprint density at radius 1 is 1.07 bits per heavy atom. The number of nitrogens with one attached hydrogen (secondary N) is 1. The molecule has 3 aromatic carbocycles. The van der Waals surface area contributed by atoms with Crippen LogP contribution in [0.4, 0.5) is 0 Å². The quantitative estimate of drug-likeness (QED) is 0.248. The van der Waals surface area contributed by atoms with Gasteiger partial charge in [-0.25, -0.2) is 4.98 Å². The number of hydrogen-bond donors (Lipinski definition) is 1. The molecule has 8 heteroatoms. The number of nitrogens with zero attached hydrogens (tertiary/aromatic N) is 3. The summed E-state index contributed by atoms with van der Waals surface area (Å²) >= 11 is 13.0. The molecule has 0 saturated heterocycles. The SMILES string of the molecule is Cn1cncc1C1(NCCCl)c2ccc(Cl)c(c2)COc2cccc(c2)-c2cc(=O)n(C3CC3)c3ccc1cc23. The maximum absolute atomic E-state index is 13.5. The summed E-state index contributed by atoms with van der Waals surface area (Å²) in [5.74, 6) is 1.14. The molecule has 0 spiro atoms. The van der Waals surface area contributed by atoms with Crippen LogP contribution in [0, 0.1) is 0 Å². The number of ether oxygens (including phenoxy) is 1. The normalized spacial score (nSPS) is 18.2. The molecule has 2 aliphatic rings. The van der Waals surface area contributed by atoms with Crippen molar-refractivity contribution in [3.63, 3.8) is 0 Å². The van der Waals surface area contributed by atoms with Gasteiger partial charge in [0.05, 0.1) is 23.7 Å². The number of aryl methyl sites for hydroxylation is 1. The van der Waals surface area contributed by atoms with E-state index < -0.39 is 5.54 Å². The third kappa shape index (κ3) is 4.05. The molecule has 2 aromatic heterocycles. The van der Waals surface area contributed by atoms with Gasteiger partial charge in [0, 0.05) is 47.6 Å². The number of fused-ring (bicyclic) bond motifs is 6. The van der Waals surface area contributed by atoms with Gasteiger partial charge in [-0.05, 0) is 71.5 Å². The number of benzene rings is 3. The molecule has 1 aliphatic heterocycles. The Morgan fingerprint density at radius 3 is 2.67 bits per heavy atom. The third-order valence-electron chi connectivity index (χ3n) is 8.10. The summed E-state index contributed by atoms with van der Waals surface area (Å²) in [4.78, 5) is 18.0. The average Bonchev–Trinajstić information content (AvgIpc) is 3.71. The monoisotopic (exact) mass is 570 g/mol. The largest absolute Gasteiger partial charge is 0.489 e. The van der Waals surface area contributed by atoms with Gasteiger partial charge in [0.1, 0.15) is 17.9 Å². The molecule has 5 aromatic rings. The van der Waals surface area contributed by atoms with Gasteiger partial charge in [-0.1, -0.05) is 35.9 Å². The van der Waals surface area contributed by atoms with Crippen molar-refractivity contribution in [3.05, 3.63) is 117 Å². The van der Waals surface area contributed by atoms with Crippen LogP contribution in [0.2, 0.25) is 5.02 Å². The highest BCUT2D eigenvalue weighted by Gasteiger charge is 2.39. The predicted molar refractivity (Wildman–Crippen MR) is 160 cm³/mol. The van der Waals surface area contributed by atoms with Crippen molar-refractivity contribution < 1.29 is 4.74 Å². The Balaban J connectivity index is 1.63. The van der Waals surface area contributed by atoms with Crippen molar-refractivity contribution in [2.75, 3.05) is 12.4 Å². The van der Waals surface area contributed by atoms with Crippen molar-refractivity contribution >= 4 is 34.1 Å². The van der Waals surface area contributed by atoms with E-state index in [2.05, 4.69) is 40.6 Å². The Kier molecular flexibility index (Phi) is 6.22. The van der Waals surface area contributed by atoms with Gasteiger partial charge < -0.3 is 13.9 Å². The van der Waals surface area contributed by atoms with Gasteiger partial charge in [0.2, 0.25) is 0 Å². The zero-order chi connectivity index (χ0) is 27.4. The summed E-state index contributed by atoms with van der Waals surface area (Å²) in [6.45, 7) is 0.845. The van der Waals surface area contributed by atoms with Crippen molar-refractivity contribution in [2.45, 2.75) is 31.0 Å². The maximum atomic E-state index is 13.5. The second kappa shape index (κ2) is 9.81. The molecule has 1 aliphatic carbocycles. The molecule has 7 rings (SSSR count). The van der Waals surface area contributed by atoms with Gasteiger partial charge in [-0.2, -0.15) is 0 Å². The summed E-state index contributed by atoms with van der Waals surface area (Å²) in [7, 11) is 2.00. The van der Waals surface area contributed by atoms with Crippen LogP contribution in [0.3, 0.4) is 0 Å². The highest BCUT2D eigenvalue weighted by atomic mass is 35.5. The molecular formula is C32H28Cl2N4O2. The first-order valence-corrected chi connectivity index (χ1v) is 14.4. The summed E-state index contributed by atoms with van der Waals surface area (Å²) < 4.78 is 10.3. The Labute approximate surface area is 242 Å². The first-order valence-electron chi connectivity index (χ1n) is 13.5. The number of halogens is 2. The minimum atomic E-state index is -0.807. The Bertz CT molecular complexity index is 1820. The lowest BCUT2D eigenvalue weighted by molar-refractivity contribution is 0.306. The van der Waals surface area contributed by atoms with Gasteiger partial charge in [-0.3, -0.25) is 10.1 Å². The molecule has 1 unspecified atom stereocenters. The minimum absolute atomic E-state index is 0.0185. The van der Waals surface area contributed by atoms with Crippen molar-refractivity contribution in [1.82, 2.24) is 19.4 Å². The summed E-state index contributed by atoms with van der Waals surface area (Å²) in [6, 6.07) is 22.5. The third-order valence-corrected chi connectivity index (χ3v) is 8.66. The smallest absolute Gasteiger partial charge is 0.251 e. The van der Waals surface area contributed by atoms with Crippen LogP contribution in [0.5, 0.6) is 5.75 Å². The lowest BCUT2D eigenvalue weighted by atomic mass is 9.78. The van der Waals surface area contributed by atoms with Crippen LogP contribution < -0.4 is 15.6 Å². The van der Waals surface area contributed by atoms with E-state index in [0.29, 0.717) is 29.8 Å². The zero-order valence-electron chi connectivity index (χ0n) is 22.0. The lowest BCUT2D eigenvalue weighted by Crippen LogP contribution is -2.46. The molecule has 6 nitrogen and oxygen atoms in total. The number of alkyl halides is 1. The average molecular weight is 572 g/mol. The zero-order valence-corrected chi connectivity index (χ0v) is 23.5. The van der Waals surface area contributed by atoms with Crippen LogP contribution in [0.15, 0.2) is 84.0 Å². The molecule has 1 fully saturated rings. The minimum Gasteiger partial charge on any atom is -0.489 e. The van der Waals surface area contributed by atoms with Crippen LogP contribution in [0.25, 0.3) is 22.0 Å². The first-order chi connectivity index (χ1) is 19.5. The fourth-order valence-corrected chi connectivity index (χ4v) is 6.34. The van der Waals surface area contributed by atoms with E-state index in [9.17, 15) is 4.79 Å². The molecule has 40 heavy (non-hydrogen) atoms. The summed E-state index contributed by atoms with van der Waals surface area (Å²) in [5, 5.41) is 5.43. The maximum Gasteiger partial charge on any atom is 0.251 e. The van der Waals surface area contributed by atoms with E-state index in [1.807, 2.05) is 59.0 Å². The van der Waals surface area contributed by atoms with Crippen molar-refractivity contribution in [1.29, 1.82) is 0 Å². The number of hydrogen-bond acceptors (Lipinski definition) is 4. The van der Waals surface area contributed by atoms with Crippen LogP contribution in [0.1, 0.15) is 41.3 Å². The highest BCUT2D eigenvalue weighted by Crippen LogP contribution is 2.43. The molecule has 202 valence electrons. The molecule has 3 heterocycles. The summed E-state index contributed by atoms with van der Waals surface area (Å²) in [6.07, 6.45) is 5.73. The molecule has 1 N–H and O–H groups in total. The second-order valence-corrected chi connectivity index (χ2v) is 11.4. The van der Waals surface area contributed by atoms with Gasteiger partial charge in [0.15, 0.2) is 0 Å². The van der Waals surface area contributed by atoms with E-state index in [4.69, 9.17) is 27.9 Å². The fraction of sp³-hybridized carbons (Fsp3) is 0.250. The first kappa shape index (κ1) is 25.4. The van der Waals surface area contributed by atoms with Crippen molar-refractivity contribution in [2.24, 2.45) is 7.05 Å². The van der Waals surface area contributed by atoms with E-state index in [-0.39, 0.29) is 11.6 Å². The van der Waals surface area contributed by atoms with Gasteiger partial charge in [-0.15, -0.1) is 11.6 Å². The summed E-state index contributed by atoms with van der Waals surface area (Å²) in [5.41, 5.74) is 5.79. The van der Waals surface area contributed by atoms with E-state index >= 15 is 0 Å².